The van der Waals surface area contributed by atoms with E-state index < -0.39 is 15.9 Å². The smallest absolute Gasteiger partial charge is 0.267 e. The van der Waals surface area contributed by atoms with Crippen LogP contribution in [-0.2, 0) is 21.9 Å². The van der Waals surface area contributed by atoms with Crippen LogP contribution in [0.5, 0.6) is 0 Å². The summed E-state index contributed by atoms with van der Waals surface area (Å²) in [7, 11) is -2.18. The van der Waals surface area contributed by atoms with E-state index >= 15 is 0 Å². The lowest BCUT2D eigenvalue weighted by Gasteiger charge is -2.13. The normalized spacial score (nSPS) is 11.9. The molecule has 0 atom stereocenters. The van der Waals surface area contributed by atoms with Gasteiger partial charge in [0.05, 0.1) is 11.4 Å². The van der Waals surface area contributed by atoms with Crippen LogP contribution in [0.3, 0.4) is 0 Å². The van der Waals surface area contributed by atoms with Gasteiger partial charge < -0.3 is 0 Å². The average molecular weight is 287 g/mol. The Kier molecular flexibility index (Phi) is 4.73. The minimum Gasteiger partial charge on any atom is -0.274 e. The van der Waals surface area contributed by atoms with Crippen molar-refractivity contribution in [3.63, 3.8) is 0 Å². The average Bonchev–Trinajstić information content (AvgIpc) is 2.54. The molecule has 1 amide bonds. The fourth-order valence-electron chi connectivity index (χ4n) is 2.07. The maximum atomic E-state index is 12.2. The molecular formula is C12H21N3O3S. The van der Waals surface area contributed by atoms with Crippen LogP contribution in [-0.4, -0.2) is 24.1 Å². The highest BCUT2D eigenvalue weighted by Crippen LogP contribution is 2.19. The van der Waals surface area contributed by atoms with Gasteiger partial charge in [0.15, 0.2) is 0 Å². The van der Waals surface area contributed by atoms with Crippen molar-refractivity contribution in [3.8, 4) is 0 Å². The lowest BCUT2D eigenvalue weighted by Crippen LogP contribution is -2.35. The Morgan fingerprint density at radius 1 is 1.32 bits per heavy atom. The van der Waals surface area contributed by atoms with Gasteiger partial charge in [-0.1, -0.05) is 13.8 Å². The molecule has 1 aromatic rings. The predicted octanol–water partition coefficient (Wildman–Crippen LogP) is 1.28. The highest BCUT2D eigenvalue weighted by Gasteiger charge is 2.27. The standard InChI is InChI=1S/C12H21N3O3S/c1-6-10(7-2)12(16)14-19(17,18)11-8(3)13-15(5)9(11)4/h10H,6-7H2,1-5H3,(H,14,16). The largest absolute Gasteiger partial charge is 0.274 e. The summed E-state index contributed by atoms with van der Waals surface area (Å²) in [6.45, 7) is 7.00. The van der Waals surface area contributed by atoms with Gasteiger partial charge >= 0.3 is 0 Å². The molecule has 0 spiro atoms. The molecule has 1 N–H and O–H groups in total. The maximum absolute atomic E-state index is 12.2. The number of hydrogen-bond acceptors (Lipinski definition) is 4. The summed E-state index contributed by atoms with van der Waals surface area (Å²) < 4.78 is 28.1. The van der Waals surface area contributed by atoms with E-state index in [0.717, 1.165) is 0 Å². The van der Waals surface area contributed by atoms with Gasteiger partial charge in [0.2, 0.25) is 5.91 Å². The number of hydrogen-bond donors (Lipinski definition) is 1. The summed E-state index contributed by atoms with van der Waals surface area (Å²) in [4.78, 5) is 12.0. The second kappa shape index (κ2) is 5.73. The maximum Gasteiger partial charge on any atom is 0.267 e. The fraction of sp³-hybridized carbons (Fsp3) is 0.667. The van der Waals surface area contributed by atoms with Crippen molar-refractivity contribution in [3.05, 3.63) is 11.4 Å². The molecule has 0 aliphatic heterocycles. The van der Waals surface area contributed by atoms with E-state index in [2.05, 4.69) is 9.82 Å². The zero-order valence-electron chi connectivity index (χ0n) is 12.0. The van der Waals surface area contributed by atoms with Crippen LogP contribution >= 0.6 is 0 Å². The molecule has 0 saturated carbocycles. The highest BCUT2D eigenvalue weighted by molar-refractivity contribution is 7.90. The summed E-state index contributed by atoms with van der Waals surface area (Å²) in [5, 5.41) is 4.06. The molecule has 1 heterocycles. The van der Waals surface area contributed by atoms with E-state index in [9.17, 15) is 13.2 Å². The number of carbonyl (C=O) groups is 1. The SMILES string of the molecule is CCC(CC)C(=O)NS(=O)(=O)c1c(C)nn(C)c1C. The topological polar surface area (TPSA) is 81.1 Å². The third-order valence-electron chi connectivity index (χ3n) is 3.30. The second-order valence-electron chi connectivity index (χ2n) is 4.61. The van der Waals surface area contributed by atoms with Gasteiger partial charge in [-0.2, -0.15) is 5.10 Å². The molecule has 1 aromatic heterocycles. The highest BCUT2D eigenvalue weighted by atomic mass is 32.2. The molecule has 19 heavy (non-hydrogen) atoms. The molecule has 0 radical (unpaired) electrons. The summed E-state index contributed by atoms with van der Waals surface area (Å²) in [5.41, 5.74) is 0.909. The summed E-state index contributed by atoms with van der Waals surface area (Å²) in [5.74, 6) is -0.736. The van der Waals surface area contributed by atoms with E-state index in [0.29, 0.717) is 24.2 Å². The van der Waals surface area contributed by atoms with Gasteiger partial charge in [-0.15, -0.1) is 0 Å². The van der Waals surface area contributed by atoms with Crippen LogP contribution < -0.4 is 4.72 Å². The zero-order valence-corrected chi connectivity index (χ0v) is 12.8. The van der Waals surface area contributed by atoms with Gasteiger partial charge in [-0.25, -0.2) is 13.1 Å². The molecule has 0 aromatic carbocycles. The van der Waals surface area contributed by atoms with Crippen LogP contribution in [0.15, 0.2) is 4.90 Å². The summed E-state index contributed by atoms with van der Waals surface area (Å²) in [6.07, 6.45) is 1.23. The van der Waals surface area contributed by atoms with Crippen molar-refractivity contribution in [2.24, 2.45) is 13.0 Å². The van der Waals surface area contributed by atoms with E-state index in [-0.39, 0.29) is 10.8 Å². The molecule has 0 fully saturated rings. The van der Waals surface area contributed by atoms with Gasteiger partial charge in [-0.05, 0) is 26.7 Å². The molecule has 0 unspecified atom stereocenters. The molecule has 7 heteroatoms. The van der Waals surface area contributed by atoms with Crippen molar-refractivity contribution in [1.29, 1.82) is 0 Å². The van der Waals surface area contributed by atoms with E-state index in [1.807, 2.05) is 13.8 Å². The third-order valence-corrected chi connectivity index (χ3v) is 4.90. The number of aryl methyl sites for hydroxylation is 2. The monoisotopic (exact) mass is 287 g/mol. The minimum absolute atomic E-state index is 0.0920. The Bertz CT molecular complexity index is 571. The number of carbonyl (C=O) groups excluding carboxylic acids is 1. The number of rotatable bonds is 5. The van der Waals surface area contributed by atoms with E-state index in [4.69, 9.17) is 0 Å². The van der Waals surface area contributed by atoms with Crippen LogP contribution in [0.4, 0.5) is 0 Å². The summed E-state index contributed by atoms with van der Waals surface area (Å²) in [6, 6.07) is 0. The predicted molar refractivity (Wildman–Crippen MR) is 72.1 cm³/mol. The molecular weight excluding hydrogens is 266 g/mol. The van der Waals surface area contributed by atoms with E-state index in [1.54, 1.807) is 20.9 Å². The number of sulfonamides is 1. The quantitative estimate of drug-likeness (QED) is 0.884. The van der Waals surface area contributed by atoms with Crippen molar-refractivity contribution in [1.82, 2.24) is 14.5 Å². The van der Waals surface area contributed by atoms with Gasteiger partial charge in [0, 0.05) is 13.0 Å². The Morgan fingerprint density at radius 2 is 1.84 bits per heavy atom. The number of aromatic nitrogens is 2. The second-order valence-corrected chi connectivity index (χ2v) is 6.23. The molecule has 1 rings (SSSR count). The van der Waals surface area contributed by atoms with Crippen molar-refractivity contribution in [2.45, 2.75) is 45.4 Å². The number of nitrogens with zero attached hydrogens (tertiary/aromatic N) is 2. The lowest BCUT2D eigenvalue weighted by atomic mass is 10.0. The first kappa shape index (κ1) is 15.7. The number of amides is 1. The van der Waals surface area contributed by atoms with Crippen LogP contribution in [0.25, 0.3) is 0 Å². The first-order valence-electron chi connectivity index (χ1n) is 6.31. The first-order chi connectivity index (χ1) is 8.74. The Balaban J connectivity index is 3.09. The molecule has 6 nitrogen and oxygen atoms in total. The molecule has 0 bridgehead atoms. The first-order valence-corrected chi connectivity index (χ1v) is 7.79. The molecule has 0 aliphatic carbocycles. The van der Waals surface area contributed by atoms with Crippen LogP contribution in [0.1, 0.15) is 38.1 Å². The zero-order chi connectivity index (χ0) is 14.8. The van der Waals surface area contributed by atoms with E-state index in [1.165, 1.54) is 4.68 Å². The Labute approximate surface area is 114 Å². The lowest BCUT2D eigenvalue weighted by molar-refractivity contribution is -0.123. The van der Waals surface area contributed by atoms with Crippen molar-refractivity contribution >= 4 is 15.9 Å². The van der Waals surface area contributed by atoms with Gasteiger partial charge in [0.25, 0.3) is 10.0 Å². The van der Waals surface area contributed by atoms with Crippen molar-refractivity contribution in [2.75, 3.05) is 0 Å². The molecule has 108 valence electrons. The molecule has 0 saturated heterocycles. The van der Waals surface area contributed by atoms with Gasteiger partial charge in [-0.3, -0.25) is 9.48 Å². The Hall–Kier alpha value is -1.37. The fourth-order valence-corrected chi connectivity index (χ4v) is 3.55. The third kappa shape index (κ3) is 3.15. The van der Waals surface area contributed by atoms with Crippen molar-refractivity contribution < 1.29 is 13.2 Å². The number of nitrogens with one attached hydrogen (secondary N) is 1. The summed E-state index contributed by atoms with van der Waals surface area (Å²) >= 11 is 0. The van der Waals surface area contributed by atoms with Gasteiger partial charge in [0.1, 0.15) is 4.90 Å². The molecule has 0 aliphatic rings. The minimum atomic E-state index is -3.85. The van der Waals surface area contributed by atoms with Crippen LogP contribution in [0.2, 0.25) is 0 Å². The van der Waals surface area contributed by atoms with Crippen LogP contribution in [0, 0.1) is 19.8 Å². The Morgan fingerprint density at radius 3 is 2.21 bits per heavy atom.